The Morgan fingerprint density at radius 1 is 1.41 bits per heavy atom. The average molecular weight is 385 g/mol. The van der Waals surface area contributed by atoms with Gasteiger partial charge in [-0.25, -0.2) is 27.2 Å². The highest BCUT2D eigenvalue weighted by atomic mass is 19.2. The van der Waals surface area contributed by atoms with Gasteiger partial charge in [-0.05, 0) is 11.6 Å². The summed E-state index contributed by atoms with van der Waals surface area (Å²) in [6, 6.07) is 3.42. The maximum absolute atomic E-state index is 14.3. The molecule has 0 aliphatic carbocycles. The summed E-state index contributed by atoms with van der Waals surface area (Å²) in [5.41, 5.74) is -1.26. The predicted octanol–water partition coefficient (Wildman–Crippen LogP) is 2.70. The van der Waals surface area contributed by atoms with Crippen molar-refractivity contribution in [2.45, 2.75) is 12.1 Å². The molecule has 1 aromatic carbocycles. The number of carbonyl (C=O) groups excluding carboxylic acids is 2. The van der Waals surface area contributed by atoms with Gasteiger partial charge in [-0.2, -0.15) is 0 Å². The molecule has 9 heteroatoms. The number of cyclic esters (lactones) is 1. The van der Waals surface area contributed by atoms with E-state index in [9.17, 15) is 27.2 Å². The number of esters is 2. The molecule has 0 bridgehead atoms. The van der Waals surface area contributed by atoms with E-state index in [1.165, 1.54) is 12.1 Å². The van der Waals surface area contributed by atoms with Crippen molar-refractivity contribution in [3.05, 3.63) is 57.7 Å². The van der Waals surface area contributed by atoms with E-state index in [-0.39, 0.29) is 34.7 Å². The molecule has 2 unspecified atom stereocenters. The molecule has 2 atom stereocenters. The van der Waals surface area contributed by atoms with E-state index in [1.807, 2.05) is 0 Å². The molecule has 2 aliphatic rings. The van der Waals surface area contributed by atoms with Gasteiger partial charge < -0.3 is 14.8 Å². The smallest absolute Gasteiger partial charge is 0.337 e. The predicted molar refractivity (Wildman–Crippen MR) is 85.1 cm³/mol. The van der Waals surface area contributed by atoms with E-state index in [1.54, 1.807) is 0 Å². The van der Waals surface area contributed by atoms with Gasteiger partial charge in [-0.1, -0.05) is 12.1 Å². The van der Waals surface area contributed by atoms with E-state index in [0.29, 0.717) is 0 Å². The molecule has 1 aromatic rings. The quantitative estimate of drug-likeness (QED) is 0.624. The zero-order valence-electron chi connectivity index (χ0n) is 14.2. The first-order chi connectivity index (χ1) is 12.9. The van der Waals surface area contributed by atoms with Gasteiger partial charge in [0.25, 0.3) is 0 Å². The van der Waals surface area contributed by atoms with Crippen LogP contribution in [-0.2, 0) is 19.1 Å². The largest absolute Gasteiger partial charge is 0.466 e. The number of alkyl halides is 3. The van der Waals surface area contributed by atoms with E-state index in [4.69, 9.17) is 4.74 Å². The lowest BCUT2D eigenvalue weighted by molar-refractivity contribution is -0.136. The zero-order chi connectivity index (χ0) is 19.7. The number of hydrogen-bond acceptors (Lipinski definition) is 5. The zero-order valence-corrected chi connectivity index (χ0v) is 14.2. The number of dihydropyridines is 1. The molecule has 0 aromatic heterocycles. The molecule has 1 N–H and O–H groups in total. The molecule has 144 valence electrons. The molecule has 0 amide bonds. The first kappa shape index (κ1) is 18.9. The molecule has 0 spiro atoms. The highest BCUT2D eigenvalue weighted by molar-refractivity contribution is 6.01. The number of hydrogen-bond donors (Lipinski definition) is 1. The van der Waals surface area contributed by atoms with Crippen LogP contribution in [0, 0.1) is 5.82 Å². The number of rotatable bonds is 5. The molecule has 0 radical (unpaired) electrons. The van der Waals surface area contributed by atoms with E-state index < -0.39 is 48.8 Å². The fourth-order valence-electron chi connectivity index (χ4n) is 3.36. The first-order valence-electron chi connectivity index (χ1n) is 7.97. The second-order valence-corrected chi connectivity index (χ2v) is 5.91. The van der Waals surface area contributed by atoms with Crippen LogP contribution in [0.25, 0.3) is 0 Å². The number of nitrogens with one attached hydrogen (secondary N) is 1. The number of halogens is 4. The Morgan fingerprint density at radius 3 is 2.78 bits per heavy atom. The topological polar surface area (TPSA) is 64.6 Å². The molecule has 3 rings (SSSR count). The van der Waals surface area contributed by atoms with Crippen LogP contribution in [-0.4, -0.2) is 39.0 Å². The summed E-state index contributed by atoms with van der Waals surface area (Å²) in [5, 5.41) is 2.61. The van der Waals surface area contributed by atoms with Crippen molar-refractivity contribution in [2.24, 2.45) is 0 Å². The van der Waals surface area contributed by atoms with Crippen molar-refractivity contribution in [3.8, 4) is 0 Å². The molecule has 0 saturated heterocycles. The summed E-state index contributed by atoms with van der Waals surface area (Å²) in [5.74, 6) is -4.22. The fourth-order valence-corrected chi connectivity index (χ4v) is 3.36. The second kappa shape index (κ2) is 7.42. The van der Waals surface area contributed by atoms with Crippen molar-refractivity contribution < 1.29 is 36.6 Å². The minimum absolute atomic E-state index is 0.0921. The van der Waals surface area contributed by atoms with Gasteiger partial charge in [-0.3, -0.25) is 0 Å². The Labute approximate surface area is 151 Å². The monoisotopic (exact) mass is 385 g/mol. The van der Waals surface area contributed by atoms with Gasteiger partial charge in [-0.15, -0.1) is 0 Å². The van der Waals surface area contributed by atoms with Crippen molar-refractivity contribution in [3.63, 3.8) is 0 Å². The Kier molecular flexibility index (Phi) is 5.20. The molecular weight excluding hydrogens is 370 g/mol. The maximum Gasteiger partial charge on any atom is 0.337 e. The van der Waals surface area contributed by atoms with Gasteiger partial charge in [0.1, 0.15) is 25.8 Å². The van der Waals surface area contributed by atoms with E-state index >= 15 is 0 Å². The van der Waals surface area contributed by atoms with Crippen LogP contribution >= 0.6 is 0 Å². The van der Waals surface area contributed by atoms with Crippen LogP contribution in [0.3, 0.4) is 0 Å². The van der Waals surface area contributed by atoms with E-state index in [0.717, 1.165) is 13.2 Å². The van der Waals surface area contributed by atoms with Crippen molar-refractivity contribution in [2.75, 3.05) is 27.1 Å². The van der Waals surface area contributed by atoms with Gasteiger partial charge in [0.2, 0.25) is 0 Å². The van der Waals surface area contributed by atoms with Crippen LogP contribution in [0.1, 0.15) is 23.2 Å². The number of methoxy groups -OCH3 is 1. The molecule has 2 aliphatic heterocycles. The third-order valence-corrected chi connectivity index (χ3v) is 4.48. The third kappa shape index (κ3) is 3.07. The number of benzene rings is 1. The van der Waals surface area contributed by atoms with Crippen LogP contribution in [0.2, 0.25) is 0 Å². The second-order valence-electron chi connectivity index (χ2n) is 5.91. The summed E-state index contributed by atoms with van der Waals surface area (Å²) >= 11 is 0. The van der Waals surface area contributed by atoms with E-state index in [2.05, 4.69) is 10.1 Å². The Hall–Kier alpha value is -2.84. The minimum atomic E-state index is -2.33. The fraction of sp³-hybridized carbons (Fsp3) is 0.333. The normalized spacial score (nSPS) is 20.2. The number of ether oxygens (including phenoxy) is 2. The number of carbonyl (C=O) groups is 2. The van der Waals surface area contributed by atoms with Crippen LogP contribution in [0.5, 0.6) is 0 Å². The van der Waals surface area contributed by atoms with Crippen molar-refractivity contribution in [1.29, 1.82) is 0 Å². The van der Waals surface area contributed by atoms with Crippen molar-refractivity contribution in [1.82, 2.24) is 5.32 Å². The Bertz CT molecular complexity index is 865. The van der Waals surface area contributed by atoms with Crippen LogP contribution < -0.4 is 5.32 Å². The Balaban J connectivity index is 2.30. The van der Waals surface area contributed by atoms with Gasteiger partial charge in [0.05, 0.1) is 35.6 Å². The highest BCUT2D eigenvalue weighted by Gasteiger charge is 2.44. The summed E-state index contributed by atoms with van der Waals surface area (Å²) in [7, 11) is 1.05. The lowest BCUT2D eigenvalue weighted by atomic mass is 9.78. The third-order valence-electron chi connectivity index (χ3n) is 4.48. The lowest BCUT2D eigenvalue weighted by Crippen LogP contribution is -2.32. The van der Waals surface area contributed by atoms with Crippen LogP contribution in [0.15, 0.2) is 40.7 Å². The SMILES string of the molecule is COC(=O)C1=C(CF)NC2=C(C(=O)OC2)C1c1cccc(F)c1C(F)CF. The summed E-state index contributed by atoms with van der Waals surface area (Å²) in [4.78, 5) is 24.6. The van der Waals surface area contributed by atoms with Gasteiger partial charge >= 0.3 is 11.9 Å². The van der Waals surface area contributed by atoms with Crippen molar-refractivity contribution >= 4 is 11.9 Å². The minimum Gasteiger partial charge on any atom is -0.466 e. The van der Waals surface area contributed by atoms with Gasteiger partial charge in [0.15, 0.2) is 6.17 Å². The molecule has 2 heterocycles. The average Bonchev–Trinajstić information content (AvgIpc) is 3.05. The maximum atomic E-state index is 14.3. The molecular formula is C18H15F4NO4. The molecule has 0 saturated carbocycles. The molecule has 5 nitrogen and oxygen atoms in total. The first-order valence-corrected chi connectivity index (χ1v) is 7.97. The Morgan fingerprint density at radius 2 is 2.15 bits per heavy atom. The standard InChI is InChI=1S/C18H15F4NO4/c1-26-17(24)15-11(6-20)23-12-7-27-18(25)16(12)14(15)8-3-2-4-9(21)13(8)10(22)5-19/h2-4,10,14,23H,5-7H2,1H3. The lowest BCUT2D eigenvalue weighted by Gasteiger charge is -2.29. The number of allylic oxidation sites excluding steroid dienone is 1. The summed E-state index contributed by atoms with van der Waals surface area (Å²) in [6.07, 6.45) is -2.33. The molecule has 0 fully saturated rings. The highest BCUT2D eigenvalue weighted by Crippen LogP contribution is 2.44. The summed E-state index contributed by atoms with van der Waals surface area (Å²) in [6.45, 7) is -2.85. The summed E-state index contributed by atoms with van der Waals surface area (Å²) < 4.78 is 64.7. The molecule has 27 heavy (non-hydrogen) atoms. The van der Waals surface area contributed by atoms with Gasteiger partial charge in [0, 0.05) is 5.56 Å². The van der Waals surface area contributed by atoms with Crippen LogP contribution in [0.4, 0.5) is 17.6 Å².